The van der Waals surface area contributed by atoms with Crippen molar-refractivity contribution >= 4 is 21.7 Å². The minimum Gasteiger partial charge on any atom is -0.299 e. The van der Waals surface area contributed by atoms with E-state index in [0.29, 0.717) is 5.92 Å². The molecule has 0 radical (unpaired) electrons. The molecule has 1 heterocycles. The Bertz CT molecular complexity index is 686. The molecule has 0 unspecified atom stereocenters. The van der Waals surface area contributed by atoms with E-state index in [4.69, 9.17) is 0 Å². The van der Waals surface area contributed by atoms with Gasteiger partial charge in [0, 0.05) is 16.6 Å². The topological polar surface area (TPSA) is 20.3 Å². The van der Waals surface area contributed by atoms with E-state index < -0.39 is 0 Å². The summed E-state index contributed by atoms with van der Waals surface area (Å²) in [5.41, 5.74) is 2.12. The van der Waals surface area contributed by atoms with Crippen LogP contribution in [0.4, 0.5) is 0 Å². The number of piperidine rings is 1. The Morgan fingerprint density at radius 1 is 1.04 bits per heavy atom. The second kappa shape index (κ2) is 8.41. The van der Waals surface area contributed by atoms with Gasteiger partial charge in [0.1, 0.15) is 0 Å². The van der Waals surface area contributed by atoms with Crippen LogP contribution in [0.5, 0.6) is 0 Å². The smallest absolute Gasteiger partial charge is 0.185 e. The summed E-state index contributed by atoms with van der Waals surface area (Å²) in [6, 6.07) is 18.1. The number of ketones is 1. The standard InChI is InChI=1S/C21H22BrNO/c22-20-9-7-19(8-10-20)21(24)11-6-17-12-14-23(15-13-17)16-18-4-2-1-3-5-18/h1-11,17H,12-16H2. The Labute approximate surface area is 152 Å². The first-order chi connectivity index (χ1) is 11.7. The lowest BCUT2D eigenvalue weighted by Crippen LogP contribution is -2.32. The van der Waals surface area contributed by atoms with Crippen molar-refractivity contribution in [3.8, 4) is 0 Å². The van der Waals surface area contributed by atoms with Crippen LogP contribution in [0.15, 0.2) is 71.2 Å². The van der Waals surface area contributed by atoms with Crippen molar-refractivity contribution in [1.82, 2.24) is 4.90 Å². The predicted molar refractivity (Wildman–Crippen MR) is 102 cm³/mol. The normalized spacial score (nSPS) is 16.5. The molecule has 2 aromatic rings. The van der Waals surface area contributed by atoms with E-state index in [0.717, 1.165) is 42.5 Å². The average Bonchev–Trinajstić information content (AvgIpc) is 2.62. The molecular weight excluding hydrogens is 362 g/mol. The maximum Gasteiger partial charge on any atom is 0.185 e. The van der Waals surface area contributed by atoms with Crippen LogP contribution < -0.4 is 0 Å². The highest BCUT2D eigenvalue weighted by Crippen LogP contribution is 2.20. The van der Waals surface area contributed by atoms with Gasteiger partial charge in [-0.2, -0.15) is 0 Å². The molecule has 0 N–H and O–H groups in total. The van der Waals surface area contributed by atoms with Crippen molar-refractivity contribution in [2.45, 2.75) is 19.4 Å². The first-order valence-electron chi connectivity index (χ1n) is 8.45. The van der Waals surface area contributed by atoms with E-state index in [1.54, 1.807) is 6.08 Å². The molecular formula is C21H22BrNO. The second-order valence-electron chi connectivity index (χ2n) is 6.33. The third-order valence-corrected chi connectivity index (χ3v) is 5.06. The van der Waals surface area contributed by atoms with Crippen molar-refractivity contribution in [3.05, 3.63) is 82.3 Å². The van der Waals surface area contributed by atoms with Gasteiger partial charge in [-0.1, -0.05) is 52.3 Å². The highest BCUT2D eigenvalue weighted by molar-refractivity contribution is 9.10. The highest BCUT2D eigenvalue weighted by atomic mass is 79.9. The third-order valence-electron chi connectivity index (χ3n) is 4.53. The number of carbonyl (C=O) groups is 1. The molecule has 0 spiro atoms. The largest absolute Gasteiger partial charge is 0.299 e. The quantitative estimate of drug-likeness (QED) is 0.528. The second-order valence-corrected chi connectivity index (χ2v) is 7.25. The maximum atomic E-state index is 12.2. The number of halogens is 1. The van der Waals surface area contributed by atoms with Gasteiger partial charge < -0.3 is 0 Å². The van der Waals surface area contributed by atoms with Gasteiger partial charge >= 0.3 is 0 Å². The summed E-state index contributed by atoms with van der Waals surface area (Å²) in [5, 5.41) is 0. The number of rotatable bonds is 5. The van der Waals surface area contributed by atoms with Crippen LogP contribution in [0.2, 0.25) is 0 Å². The number of carbonyl (C=O) groups excluding carboxylic acids is 1. The Balaban J connectivity index is 1.48. The van der Waals surface area contributed by atoms with Gasteiger partial charge in [0.15, 0.2) is 5.78 Å². The number of benzene rings is 2. The number of nitrogens with zero attached hydrogens (tertiary/aromatic N) is 1. The molecule has 3 heteroatoms. The monoisotopic (exact) mass is 383 g/mol. The molecule has 0 aliphatic carbocycles. The van der Waals surface area contributed by atoms with Gasteiger partial charge in [-0.15, -0.1) is 0 Å². The van der Waals surface area contributed by atoms with E-state index in [-0.39, 0.29) is 5.78 Å². The van der Waals surface area contributed by atoms with Crippen molar-refractivity contribution < 1.29 is 4.79 Å². The molecule has 2 nitrogen and oxygen atoms in total. The Morgan fingerprint density at radius 2 is 1.71 bits per heavy atom. The molecule has 0 atom stereocenters. The fraction of sp³-hybridized carbons (Fsp3) is 0.286. The zero-order valence-corrected chi connectivity index (χ0v) is 15.3. The van der Waals surface area contributed by atoms with Crippen molar-refractivity contribution in [3.63, 3.8) is 0 Å². The first kappa shape index (κ1) is 17.1. The van der Waals surface area contributed by atoms with Crippen molar-refractivity contribution in [2.24, 2.45) is 5.92 Å². The molecule has 124 valence electrons. The van der Waals surface area contributed by atoms with Gasteiger partial charge in [0.25, 0.3) is 0 Å². The lowest BCUT2D eigenvalue weighted by Gasteiger charge is -2.30. The fourth-order valence-corrected chi connectivity index (χ4v) is 3.34. The van der Waals surface area contributed by atoms with Crippen LogP contribution in [0.25, 0.3) is 0 Å². The maximum absolute atomic E-state index is 12.2. The summed E-state index contributed by atoms with van der Waals surface area (Å²) >= 11 is 3.39. The van der Waals surface area contributed by atoms with Crippen LogP contribution in [0.3, 0.4) is 0 Å². The van der Waals surface area contributed by atoms with E-state index in [1.165, 1.54) is 5.56 Å². The van der Waals surface area contributed by atoms with Gasteiger partial charge in [0.05, 0.1) is 0 Å². The number of allylic oxidation sites excluding steroid dienone is 2. The molecule has 1 fully saturated rings. The SMILES string of the molecule is O=C(C=CC1CCN(Cc2ccccc2)CC1)c1ccc(Br)cc1. The van der Waals surface area contributed by atoms with Crippen LogP contribution in [-0.4, -0.2) is 23.8 Å². The Morgan fingerprint density at radius 3 is 2.38 bits per heavy atom. The average molecular weight is 384 g/mol. The van der Waals surface area contributed by atoms with Crippen molar-refractivity contribution in [2.75, 3.05) is 13.1 Å². The van der Waals surface area contributed by atoms with E-state index in [9.17, 15) is 4.79 Å². The number of hydrogen-bond donors (Lipinski definition) is 0. The van der Waals surface area contributed by atoms with E-state index >= 15 is 0 Å². The molecule has 2 aromatic carbocycles. The highest BCUT2D eigenvalue weighted by Gasteiger charge is 2.17. The van der Waals surface area contributed by atoms with Crippen molar-refractivity contribution in [1.29, 1.82) is 0 Å². The summed E-state index contributed by atoms with van der Waals surface area (Å²) in [7, 11) is 0. The number of hydrogen-bond acceptors (Lipinski definition) is 2. The minimum atomic E-state index is 0.0919. The molecule has 1 saturated heterocycles. The first-order valence-corrected chi connectivity index (χ1v) is 9.24. The molecule has 1 aliphatic heterocycles. The molecule has 0 saturated carbocycles. The summed E-state index contributed by atoms with van der Waals surface area (Å²) in [5.74, 6) is 0.602. The summed E-state index contributed by atoms with van der Waals surface area (Å²) in [6.07, 6.45) is 6.10. The molecule has 0 bridgehead atoms. The number of likely N-dealkylation sites (tertiary alicyclic amines) is 1. The van der Waals surface area contributed by atoms with Crippen LogP contribution in [0, 0.1) is 5.92 Å². The predicted octanol–water partition coefficient (Wildman–Crippen LogP) is 5.10. The summed E-state index contributed by atoms with van der Waals surface area (Å²) < 4.78 is 0.994. The molecule has 3 rings (SSSR count). The summed E-state index contributed by atoms with van der Waals surface area (Å²) in [6.45, 7) is 3.21. The van der Waals surface area contributed by atoms with Crippen LogP contribution in [-0.2, 0) is 6.54 Å². The lowest BCUT2D eigenvalue weighted by molar-refractivity contribution is 0.104. The van der Waals surface area contributed by atoms with Gasteiger partial charge in [0.2, 0.25) is 0 Å². The van der Waals surface area contributed by atoms with E-state index in [2.05, 4.69) is 57.2 Å². The van der Waals surface area contributed by atoms with Crippen LogP contribution >= 0.6 is 15.9 Å². The third kappa shape index (κ3) is 4.89. The van der Waals surface area contributed by atoms with Crippen LogP contribution in [0.1, 0.15) is 28.8 Å². The molecule has 0 amide bonds. The molecule has 1 aliphatic rings. The fourth-order valence-electron chi connectivity index (χ4n) is 3.08. The van der Waals surface area contributed by atoms with Gasteiger partial charge in [-0.05, 0) is 67.8 Å². The summed E-state index contributed by atoms with van der Waals surface area (Å²) in [4.78, 5) is 14.7. The lowest BCUT2D eigenvalue weighted by atomic mass is 9.95. The minimum absolute atomic E-state index is 0.0919. The van der Waals surface area contributed by atoms with Gasteiger partial charge in [-0.3, -0.25) is 9.69 Å². The molecule has 24 heavy (non-hydrogen) atoms. The Hall–Kier alpha value is -1.71. The van der Waals surface area contributed by atoms with E-state index in [1.807, 2.05) is 24.3 Å². The van der Waals surface area contributed by atoms with Gasteiger partial charge in [-0.25, -0.2) is 0 Å². The zero-order chi connectivity index (χ0) is 16.8. The Kier molecular flexibility index (Phi) is 6.00. The molecule has 0 aromatic heterocycles. The zero-order valence-electron chi connectivity index (χ0n) is 13.7.